The van der Waals surface area contributed by atoms with Crippen LogP contribution in [0.5, 0.6) is 0 Å². The van der Waals surface area contributed by atoms with Gasteiger partial charge in [0, 0.05) is 32.7 Å². The molecular weight excluding hydrogens is 268 g/mol. The van der Waals surface area contributed by atoms with E-state index in [2.05, 4.69) is 11.9 Å². The summed E-state index contributed by atoms with van der Waals surface area (Å²) < 4.78 is 0. The van der Waals surface area contributed by atoms with E-state index >= 15 is 0 Å². The molecule has 1 unspecified atom stereocenters. The fourth-order valence-corrected chi connectivity index (χ4v) is 2.14. The van der Waals surface area contributed by atoms with Crippen LogP contribution in [0.25, 0.3) is 0 Å². The maximum absolute atomic E-state index is 12.3. The van der Waals surface area contributed by atoms with E-state index in [-0.39, 0.29) is 17.2 Å². The van der Waals surface area contributed by atoms with Crippen LogP contribution in [-0.2, 0) is 9.59 Å². The molecule has 1 heterocycles. The lowest BCUT2D eigenvalue weighted by Gasteiger charge is -2.37. The molecule has 2 amide bonds. The molecule has 1 atom stereocenters. The van der Waals surface area contributed by atoms with Crippen molar-refractivity contribution in [3.05, 3.63) is 12.7 Å². The molecule has 0 saturated carbocycles. The third-order valence-electron chi connectivity index (χ3n) is 3.69. The van der Waals surface area contributed by atoms with Crippen LogP contribution in [-0.4, -0.2) is 66.9 Å². The van der Waals surface area contributed by atoms with E-state index in [1.165, 1.54) is 0 Å². The van der Waals surface area contributed by atoms with Gasteiger partial charge < -0.3 is 16.0 Å². The molecule has 120 valence electrons. The van der Waals surface area contributed by atoms with Crippen molar-refractivity contribution < 1.29 is 9.59 Å². The number of nitrogens with zero attached hydrogens (tertiary/aromatic N) is 2. The molecule has 0 bridgehead atoms. The lowest BCUT2D eigenvalue weighted by molar-refractivity contribution is -0.136. The van der Waals surface area contributed by atoms with Gasteiger partial charge in [-0.05, 0) is 5.41 Å². The van der Waals surface area contributed by atoms with Gasteiger partial charge in [-0.1, -0.05) is 26.8 Å². The second-order valence-electron chi connectivity index (χ2n) is 6.54. The van der Waals surface area contributed by atoms with Gasteiger partial charge in [-0.3, -0.25) is 14.5 Å². The van der Waals surface area contributed by atoms with Gasteiger partial charge in [0.2, 0.25) is 11.8 Å². The Morgan fingerprint density at radius 3 is 2.33 bits per heavy atom. The van der Waals surface area contributed by atoms with Crippen LogP contribution in [0.4, 0.5) is 0 Å². The van der Waals surface area contributed by atoms with Gasteiger partial charge in [-0.15, -0.1) is 6.58 Å². The molecule has 6 nitrogen and oxygen atoms in total. The molecule has 1 rings (SSSR count). The van der Waals surface area contributed by atoms with Crippen LogP contribution in [0.3, 0.4) is 0 Å². The topological polar surface area (TPSA) is 78.7 Å². The highest BCUT2D eigenvalue weighted by molar-refractivity contribution is 5.82. The number of nitrogens with one attached hydrogen (secondary N) is 1. The molecule has 21 heavy (non-hydrogen) atoms. The van der Waals surface area contributed by atoms with Crippen molar-refractivity contribution >= 4 is 11.8 Å². The smallest absolute Gasteiger partial charge is 0.240 e. The van der Waals surface area contributed by atoms with Gasteiger partial charge in [0.1, 0.15) is 0 Å². The Morgan fingerprint density at radius 1 is 1.29 bits per heavy atom. The SMILES string of the molecule is C=CCNC(=O)CN1CCN(C(=O)C(N)C(C)(C)C)CC1. The van der Waals surface area contributed by atoms with E-state index in [4.69, 9.17) is 5.73 Å². The van der Waals surface area contributed by atoms with E-state index in [0.717, 1.165) is 0 Å². The van der Waals surface area contributed by atoms with Crippen LogP contribution in [0.2, 0.25) is 0 Å². The second-order valence-corrected chi connectivity index (χ2v) is 6.54. The molecule has 1 saturated heterocycles. The van der Waals surface area contributed by atoms with Gasteiger partial charge in [0.15, 0.2) is 0 Å². The summed E-state index contributed by atoms with van der Waals surface area (Å²) in [6.07, 6.45) is 1.66. The average Bonchev–Trinajstić information content (AvgIpc) is 2.43. The molecule has 0 aromatic heterocycles. The zero-order chi connectivity index (χ0) is 16.0. The fourth-order valence-electron chi connectivity index (χ4n) is 2.14. The number of carbonyl (C=O) groups is 2. The highest BCUT2D eigenvalue weighted by Gasteiger charge is 2.32. The summed E-state index contributed by atoms with van der Waals surface area (Å²) in [6, 6.07) is -0.486. The first-order chi connectivity index (χ1) is 9.75. The first kappa shape index (κ1) is 17.7. The Balaban J connectivity index is 2.40. The quantitative estimate of drug-likeness (QED) is 0.689. The van der Waals surface area contributed by atoms with Crippen LogP contribution in [0, 0.1) is 5.41 Å². The monoisotopic (exact) mass is 296 g/mol. The largest absolute Gasteiger partial charge is 0.352 e. The van der Waals surface area contributed by atoms with E-state index in [1.54, 1.807) is 11.0 Å². The summed E-state index contributed by atoms with van der Waals surface area (Å²) >= 11 is 0. The van der Waals surface area contributed by atoms with Gasteiger partial charge in [0.25, 0.3) is 0 Å². The predicted molar refractivity (Wildman–Crippen MR) is 83.7 cm³/mol. The molecule has 0 radical (unpaired) electrons. The van der Waals surface area contributed by atoms with Crippen LogP contribution >= 0.6 is 0 Å². The Hall–Kier alpha value is -1.40. The standard InChI is InChI=1S/C15H28N4O2/c1-5-6-17-12(20)11-18-7-9-19(10-8-18)14(21)13(16)15(2,3)4/h5,13H,1,6-11,16H2,2-4H3,(H,17,20). The summed E-state index contributed by atoms with van der Waals surface area (Å²) in [5.74, 6) is -0.0145. The number of hydrogen-bond acceptors (Lipinski definition) is 4. The first-order valence-electron chi connectivity index (χ1n) is 7.40. The van der Waals surface area contributed by atoms with Crippen molar-refractivity contribution in [2.24, 2.45) is 11.1 Å². The summed E-state index contributed by atoms with van der Waals surface area (Å²) in [4.78, 5) is 27.8. The number of carbonyl (C=O) groups excluding carboxylic acids is 2. The number of nitrogens with two attached hydrogens (primary N) is 1. The average molecular weight is 296 g/mol. The summed E-state index contributed by atoms with van der Waals surface area (Å²) in [6.45, 7) is 13.0. The van der Waals surface area contributed by atoms with E-state index in [1.807, 2.05) is 25.7 Å². The van der Waals surface area contributed by atoms with Gasteiger partial charge in [-0.2, -0.15) is 0 Å². The molecule has 0 aliphatic carbocycles. The first-order valence-corrected chi connectivity index (χ1v) is 7.40. The van der Waals surface area contributed by atoms with E-state index in [9.17, 15) is 9.59 Å². The van der Waals surface area contributed by atoms with Crippen LogP contribution in [0.15, 0.2) is 12.7 Å². The summed E-state index contributed by atoms with van der Waals surface area (Å²) in [7, 11) is 0. The van der Waals surface area contributed by atoms with Crippen molar-refractivity contribution in [3.63, 3.8) is 0 Å². The molecule has 3 N–H and O–H groups in total. The molecule has 0 aromatic rings. The molecule has 1 aliphatic rings. The fraction of sp³-hybridized carbons (Fsp3) is 0.733. The van der Waals surface area contributed by atoms with Crippen LogP contribution < -0.4 is 11.1 Å². The highest BCUT2D eigenvalue weighted by Crippen LogP contribution is 2.19. The maximum Gasteiger partial charge on any atom is 0.240 e. The predicted octanol–water partition coefficient (Wildman–Crippen LogP) is -0.194. The Labute approximate surface area is 127 Å². The highest BCUT2D eigenvalue weighted by atomic mass is 16.2. The zero-order valence-corrected chi connectivity index (χ0v) is 13.4. The number of rotatable bonds is 5. The van der Waals surface area contributed by atoms with Gasteiger partial charge in [0.05, 0.1) is 12.6 Å². The Morgan fingerprint density at radius 2 is 1.86 bits per heavy atom. The van der Waals surface area contributed by atoms with Crippen molar-refractivity contribution in [1.29, 1.82) is 0 Å². The zero-order valence-electron chi connectivity index (χ0n) is 13.4. The summed E-state index contributed by atoms with van der Waals surface area (Å²) in [5, 5.41) is 2.75. The van der Waals surface area contributed by atoms with Gasteiger partial charge in [-0.25, -0.2) is 0 Å². The number of hydrogen-bond donors (Lipinski definition) is 2. The Kier molecular flexibility index (Phi) is 6.36. The maximum atomic E-state index is 12.3. The van der Waals surface area contributed by atoms with Crippen molar-refractivity contribution in [2.75, 3.05) is 39.3 Å². The minimum atomic E-state index is -0.486. The molecule has 1 aliphatic heterocycles. The van der Waals surface area contributed by atoms with Crippen molar-refractivity contribution in [2.45, 2.75) is 26.8 Å². The molecule has 6 heteroatoms. The minimum absolute atomic E-state index is 0.00161. The lowest BCUT2D eigenvalue weighted by Crippen LogP contribution is -2.57. The minimum Gasteiger partial charge on any atom is -0.352 e. The normalized spacial score (nSPS) is 18.2. The summed E-state index contributed by atoms with van der Waals surface area (Å²) in [5.41, 5.74) is 5.78. The Bertz CT molecular complexity index is 382. The number of amides is 2. The van der Waals surface area contributed by atoms with E-state index < -0.39 is 6.04 Å². The lowest BCUT2D eigenvalue weighted by atomic mass is 9.86. The molecule has 0 spiro atoms. The molecule has 1 fully saturated rings. The van der Waals surface area contributed by atoms with E-state index in [0.29, 0.717) is 39.3 Å². The van der Waals surface area contributed by atoms with Gasteiger partial charge >= 0.3 is 0 Å². The third-order valence-corrected chi connectivity index (χ3v) is 3.69. The second kappa shape index (κ2) is 7.56. The van der Waals surface area contributed by atoms with Crippen molar-refractivity contribution in [1.82, 2.24) is 15.1 Å². The molecular formula is C15H28N4O2. The third kappa shape index (κ3) is 5.47. The van der Waals surface area contributed by atoms with Crippen LogP contribution in [0.1, 0.15) is 20.8 Å². The molecule has 0 aromatic carbocycles. The number of piperazine rings is 1. The van der Waals surface area contributed by atoms with Crippen molar-refractivity contribution in [3.8, 4) is 0 Å².